The summed E-state index contributed by atoms with van der Waals surface area (Å²) >= 11 is 1.94. The molecule has 1 rings (SSSR count). The molecule has 0 saturated carbocycles. The number of hydrogen-bond acceptors (Lipinski definition) is 3. The molecule has 0 radical (unpaired) electrons. The Morgan fingerprint density at radius 1 is 1.50 bits per heavy atom. The Morgan fingerprint density at radius 2 is 2.21 bits per heavy atom. The Balaban J connectivity index is 2.28. The summed E-state index contributed by atoms with van der Waals surface area (Å²) in [5, 5.41) is 3.47. The van der Waals surface area contributed by atoms with Gasteiger partial charge in [-0.3, -0.25) is 0 Å². The molecule has 2 nitrogen and oxygen atoms in total. The van der Waals surface area contributed by atoms with E-state index in [-0.39, 0.29) is 0 Å². The Morgan fingerprint density at radius 3 is 2.71 bits per heavy atom. The van der Waals surface area contributed by atoms with Crippen molar-refractivity contribution in [2.45, 2.75) is 19.9 Å². The molecule has 0 amide bonds. The first-order valence-corrected chi connectivity index (χ1v) is 6.94. The van der Waals surface area contributed by atoms with Crippen LogP contribution in [0.4, 0.5) is 0 Å². The molecule has 3 atom stereocenters. The molecule has 1 fully saturated rings. The van der Waals surface area contributed by atoms with Crippen LogP contribution in [-0.2, 0) is 0 Å². The lowest BCUT2D eigenvalue weighted by atomic mass is 9.97. The van der Waals surface area contributed by atoms with Gasteiger partial charge in [0.1, 0.15) is 0 Å². The molecule has 84 valence electrons. The molecule has 0 aromatic rings. The quantitative estimate of drug-likeness (QED) is 0.750. The fraction of sp³-hybridized carbons (Fsp3) is 1.00. The smallest absolute Gasteiger partial charge is 0.0155 e. The number of rotatable bonds is 5. The first kappa shape index (κ1) is 12.3. The van der Waals surface area contributed by atoms with Gasteiger partial charge in [-0.25, -0.2) is 0 Å². The van der Waals surface area contributed by atoms with E-state index in [0.717, 1.165) is 11.8 Å². The van der Waals surface area contributed by atoms with Gasteiger partial charge in [0.05, 0.1) is 0 Å². The maximum Gasteiger partial charge on any atom is 0.0155 e. The minimum absolute atomic E-state index is 0.706. The van der Waals surface area contributed by atoms with Crippen LogP contribution in [0.3, 0.4) is 0 Å². The Bertz CT molecular complexity index is 163. The number of hydrogen-bond donors (Lipinski definition) is 1. The van der Waals surface area contributed by atoms with Crippen molar-refractivity contribution in [2.75, 3.05) is 38.7 Å². The van der Waals surface area contributed by atoms with E-state index in [4.69, 9.17) is 0 Å². The lowest BCUT2D eigenvalue weighted by Crippen LogP contribution is -2.37. The van der Waals surface area contributed by atoms with Gasteiger partial charge in [-0.05, 0) is 45.2 Å². The highest BCUT2D eigenvalue weighted by Gasteiger charge is 2.25. The van der Waals surface area contributed by atoms with Crippen molar-refractivity contribution in [2.24, 2.45) is 11.8 Å². The van der Waals surface area contributed by atoms with Crippen LogP contribution in [0.15, 0.2) is 0 Å². The summed E-state index contributed by atoms with van der Waals surface area (Å²) in [6.07, 6.45) is 2.18. The highest BCUT2D eigenvalue weighted by Crippen LogP contribution is 2.18. The van der Waals surface area contributed by atoms with E-state index in [0.29, 0.717) is 6.04 Å². The molecule has 3 heteroatoms. The maximum absolute atomic E-state index is 3.47. The maximum atomic E-state index is 3.47. The van der Waals surface area contributed by atoms with E-state index in [2.05, 4.69) is 37.4 Å². The largest absolute Gasteiger partial charge is 0.316 e. The molecule has 0 aromatic heterocycles. The fourth-order valence-electron chi connectivity index (χ4n) is 2.03. The molecule has 14 heavy (non-hydrogen) atoms. The van der Waals surface area contributed by atoms with Crippen molar-refractivity contribution >= 4 is 11.8 Å². The number of nitrogens with one attached hydrogen (secondary N) is 1. The first-order valence-electron chi connectivity index (χ1n) is 5.55. The van der Waals surface area contributed by atoms with Crippen molar-refractivity contribution in [3.8, 4) is 0 Å². The van der Waals surface area contributed by atoms with Crippen LogP contribution in [0.2, 0.25) is 0 Å². The zero-order valence-corrected chi connectivity index (χ0v) is 10.7. The third kappa shape index (κ3) is 3.44. The molecule has 1 saturated heterocycles. The molecule has 0 aliphatic carbocycles. The zero-order chi connectivity index (χ0) is 10.6. The molecule has 3 unspecified atom stereocenters. The van der Waals surface area contributed by atoms with Gasteiger partial charge < -0.3 is 10.2 Å². The summed E-state index contributed by atoms with van der Waals surface area (Å²) in [5.41, 5.74) is 0. The Hall–Kier alpha value is 0.270. The second-order valence-corrected chi connectivity index (χ2v) is 5.55. The predicted molar refractivity (Wildman–Crippen MR) is 66.0 cm³/mol. The van der Waals surface area contributed by atoms with Crippen LogP contribution in [0.25, 0.3) is 0 Å². The van der Waals surface area contributed by atoms with Gasteiger partial charge >= 0.3 is 0 Å². The van der Waals surface area contributed by atoms with Crippen molar-refractivity contribution in [3.63, 3.8) is 0 Å². The third-order valence-corrected chi connectivity index (χ3v) is 4.18. The Kier molecular flexibility index (Phi) is 5.28. The van der Waals surface area contributed by atoms with Crippen LogP contribution in [0.1, 0.15) is 13.8 Å². The van der Waals surface area contributed by atoms with Crippen molar-refractivity contribution in [3.05, 3.63) is 0 Å². The molecular weight excluding hydrogens is 192 g/mol. The van der Waals surface area contributed by atoms with Crippen LogP contribution >= 0.6 is 11.8 Å². The summed E-state index contributed by atoms with van der Waals surface area (Å²) in [6, 6.07) is 0.706. The summed E-state index contributed by atoms with van der Waals surface area (Å²) in [7, 11) is 2.26. The molecule has 1 aliphatic rings. The average Bonchev–Trinajstić information content (AvgIpc) is 2.52. The third-order valence-electron chi connectivity index (χ3n) is 3.36. The van der Waals surface area contributed by atoms with Crippen molar-refractivity contribution in [1.29, 1.82) is 0 Å². The summed E-state index contributed by atoms with van der Waals surface area (Å²) < 4.78 is 0. The van der Waals surface area contributed by atoms with E-state index < -0.39 is 0 Å². The Labute approximate surface area is 92.8 Å². The standard InChI is InChI=1S/C11H24N2S/c1-9-5-12-6-11(9)7-13(3)10(2)8-14-4/h9-12H,5-8H2,1-4H3. The molecule has 0 spiro atoms. The second-order valence-electron chi connectivity index (χ2n) is 4.64. The lowest BCUT2D eigenvalue weighted by molar-refractivity contribution is 0.221. The highest BCUT2D eigenvalue weighted by molar-refractivity contribution is 7.98. The van der Waals surface area contributed by atoms with E-state index in [9.17, 15) is 0 Å². The van der Waals surface area contributed by atoms with Gasteiger partial charge in [-0.15, -0.1) is 0 Å². The average molecular weight is 216 g/mol. The predicted octanol–water partition coefficient (Wildman–Crippen LogP) is 1.53. The number of nitrogens with zero attached hydrogens (tertiary/aromatic N) is 1. The lowest BCUT2D eigenvalue weighted by Gasteiger charge is -2.28. The van der Waals surface area contributed by atoms with E-state index in [1.807, 2.05) is 11.8 Å². The van der Waals surface area contributed by atoms with E-state index in [1.54, 1.807) is 0 Å². The van der Waals surface area contributed by atoms with Gasteiger partial charge in [-0.1, -0.05) is 6.92 Å². The first-order chi connectivity index (χ1) is 6.65. The monoisotopic (exact) mass is 216 g/mol. The van der Waals surface area contributed by atoms with Crippen LogP contribution < -0.4 is 5.32 Å². The fourth-order valence-corrected chi connectivity index (χ4v) is 2.76. The van der Waals surface area contributed by atoms with E-state index in [1.165, 1.54) is 25.4 Å². The molecule has 1 heterocycles. The van der Waals surface area contributed by atoms with Crippen molar-refractivity contribution < 1.29 is 0 Å². The van der Waals surface area contributed by atoms with Crippen LogP contribution in [-0.4, -0.2) is 49.6 Å². The van der Waals surface area contributed by atoms with Crippen LogP contribution in [0.5, 0.6) is 0 Å². The van der Waals surface area contributed by atoms with Crippen molar-refractivity contribution in [1.82, 2.24) is 10.2 Å². The molecular formula is C11H24N2S. The highest BCUT2D eigenvalue weighted by atomic mass is 32.2. The second kappa shape index (κ2) is 5.99. The van der Waals surface area contributed by atoms with Gasteiger partial charge in [-0.2, -0.15) is 11.8 Å². The van der Waals surface area contributed by atoms with E-state index >= 15 is 0 Å². The van der Waals surface area contributed by atoms with Gasteiger partial charge in [0.2, 0.25) is 0 Å². The molecule has 1 aliphatic heterocycles. The molecule has 1 N–H and O–H groups in total. The minimum Gasteiger partial charge on any atom is -0.316 e. The minimum atomic E-state index is 0.706. The summed E-state index contributed by atoms with van der Waals surface area (Å²) in [6.45, 7) is 8.34. The summed E-state index contributed by atoms with van der Waals surface area (Å²) in [5.74, 6) is 2.94. The van der Waals surface area contributed by atoms with Gasteiger partial charge in [0, 0.05) is 18.3 Å². The zero-order valence-electron chi connectivity index (χ0n) is 9.92. The topological polar surface area (TPSA) is 15.3 Å². The number of thioether (sulfide) groups is 1. The summed E-state index contributed by atoms with van der Waals surface area (Å²) in [4.78, 5) is 2.50. The SMILES string of the molecule is CSCC(C)N(C)CC1CNCC1C. The normalized spacial score (nSPS) is 29.8. The molecule has 0 aromatic carbocycles. The van der Waals surface area contributed by atoms with Crippen LogP contribution in [0, 0.1) is 11.8 Å². The molecule has 0 bridgehead atoms. The van der Waals surface area contributed by atoms with Gasteiger partial charge in [0.25, 0.3) is 0 Å². The van der Waals surface area contributed by atoms with Gasteiger partial charge in [0.15, 0.2) is 0 Å².